The van der Waals surface area contributed by atoms with Crippen molar-refractivity contribution in [3.05, 3.63) is 41.6 Å². The number of primary amides is 1. The molecule has 0 spiro atoms. The number of aromatic amines is 1. The summed E-state index contributed by atoms with van der Waals surface area (Å²) in [6.45, 7) is 5.54. The first-order chi connectivity index (χ1) is 11.8. The molecule has 1 heterocycles. The van der Waals surface area contributed by atoms with Crippen molar-refractivity contribution in [3.8, 4) is 0 Å². The van der Waals surface area contributed by atoms with Gasteiger partial charge < -0.3 is 15.5 Å². The van der Waals surface area contributed by atoms with E-state index in [2.05, 4.69) is 4.98 Å². The lowest BCUT2D eigenvalue weighted by Gasteiger charge is -2.19. The maximum absolute atomic E-state index is 11.7. The van der Waals surface area contributed by atoms with Crippen molar-refractivity contribution in [2.45, 2.75) is 52.1 Å². The standard InChI is InChI=1S/C20H26N2O3/c1-20(2,3)25-18(23)11-7-4-8-14(19(21)24)12-15-13-22-17-10-6-5-9-16(15)17/h5-6,9-10,12-13,22H,4,7-8,11H2,1-3H3,(H2,21,24)/b14-12+. The molecule has 1 aromatic carbocycles. The number of hydrogen-bond acceptors (Lipinski definition) is 3. The van der Waals surface area contributed by atoms with E-state index in [1.165, 1.54) is 0 Å². The van der Waals surface area contributed by atoms with Gasteiger partial charge in [-0.2, -0.15) is 0 Å². The van der Waals surface area contributed by atoms with E-state index in [0.29, 0.717) is 31.3 Å². The van der Waals surface area contributed by atoms with E-state index < -0.39 is 11.5 Å². The summed E-state index contributed by atoms with van der Waals surface area (Å²) in [5.41, 5.74) is 7.57. The first-order valence-electron chi connectivity index (χ1n) is 8.54. The molecule has 1 amide bonds. The number of H-pyrrole nitrogens is 1. The third-order valence-electron chi connectivity index (χ3n) is 3.76. The lowest BCUT2D eigenvalue weighted by molar-refractivity contribution is -0.154. The molecule has 5 nitrogen and oxygen atoms in total. The van der Waals surface area contributed by atoms with Crippen LogP contribution in [0.4, 0.5) is 0 Å². The van der Waals surface area contributed by atoms with Crippen molar-refractivity contribution >= 4 is 28.9 Å². The number of amides is 1. The van der Waals surface area contributed by atoms with Crippen molar-refractivity contribution < 1.29 is 14.3 Å². The Morgan fingerprint density at radius 3 is 2.52 bits per heavy atom. The third-order valence-corrected chi connectivity index (χ3v) is 3.76. The minimum Gasteiger partial charge on any atom is -0.460 e. The van der Waals surface area contributed by atoms with Crippen LogP contribution in [0.2, 0.25) is 0 Å². The summed E-state index contributed by atoms with van der Waals surface area (Å²) in [6, 6.07) is 7.90. The van der Waals surface area contributed by atoms with Crippen molar-refractivity contribution in [1.82, 2.24) is 4.98 Å². The monoisotopic (exact) mass is 342 g/mol. The molecule has 0 aliphatic heterocycles. The Morgan fingerprint density at radius 2 is 1.84 bits per heavy atom. The number of carbonyl (C=O) groups excluding carboxylic acids is 2. The summed E-state index contributed by atoms with van der Waals surface area (Å²) in [7, 11) is 0. The first kappa shape index (κ1) is 18.8. The molecule has 5 heteroatoms. The highest BCUT2D eigenvalue weighted by molar-refractivity contribution is 5.99. The number of ether oxygens (including phenoxy) is 1. The summed E-state index contributed by atoms with van der Waals surface area (Å²) < 4.78 is 5.28. The lowest BCUT2D eigenvalue weighted by Crippen LogP contribution is -2.23. The van der Waals surface area contributed by atoms with Gasteiger partial charge in [-0.3, -0.25) is 9.59 Å². The summed E-state index contributed by atoms with van der Waals surface area (Å²) >= 11 is 0. The third kappa shape index (κ3) is 5.78. The quantitative estimate of drug-likeness (QED) is 0.454. The Hall–Kier alpha value is -2.56. The second-order valence-corrected chi connectivity index (χ2v) is 7.12. The van der Waals surface area contributed by atoms with Gasteiger partial charge in [0.25, 0.3) is 0 Å². The minimum absolute atomic E-state index is 0.214. The molecule has 0 bridgehead atoms. The largest absolute Gasteiger partial charge is 0.460 e. The molecule has 0 atom stereocenters. The molecular formula is C20H26N2O3. The predicted octanol–water partition coefficient (Wildman–Crippen LogP) is 3.94. The number of unbranched alkanes of at least 4 members (excludes halogenated alkanes) is 1. The van der Waals surface area contributed by atoms with Crippen LogP contribution in [-0.4, -0.2) is 22.5 Å². The SMILES string of the molecule is CC(C)(C)OC(=O)CCCC/C(=C\c1c[nH]c2ccccc12)C(N)=O. The number of esters is 1. The van der Waals surface area contributed by atoms with Crippen LogP contribution in [0.1, 0.15) is 52.0 Å². The van der Waals surface area contributed by atoms with Gasteiger partial charge in [-0.1, -0.05) is 18.2 Å². The molecule has 2 aromatic rings. The van der Waals surface area contributed by atoms with Crippen molar-refractivity contribution in [1.29, 1.82) is 0 Å². The molecule has 0 aliphatic rings. The second-order valence-electron chi connectivity index (χ2n) is 7.12. The molecule has 3 N–H and O–H groups in total. The normalized spacial score (nSPS) is 12.4. The van der Waals surface area contributed by atoms with Crippen LogP contribution in [-0.2, 0) is 14.3 Å². The highest BCUT2D eigenvalue weighted by atomic mass is 16.6. The number of aromatic nitrogens is 1. The molecule has 0 fully saturated rings. The number of nitrogens with one attached hydrogen (secondary N) is 1. The minimum atomic E-state index is -0.468. The van der Waals surface area contributed by atoms with Crippen molar-refractivity contribution in [2.24, 2.45) is 5.73 Å². The van der Waals surface area contributed by atoms with E-state index in [0.717, 1.165) is 16.5 Å². The maximum atomic E-state index is 11.7. The summed E-state index contributed by atoms with van der Waals surface area (Å²) in [5, 5.41) is 1.05. The fraction of sp³-hybridized carbons (Fsp3) is 0.400. The Kier molecular flexibility index (Phi) is 6.02. The summed E-state index contributed by atoms with van der Waals surface area (Å²) in [4.78, 5) is 26.6. The second kappa shape index (κ2) is 8.01. The van der Waals surface area contributed by atoms with Gasteiger partial charge in [0.1, 0.15) is 5.60 Å². The first-order valence-corrected chi connectivity index (χ1v) is 8.54. The van der Waals surface area contributed by atoms with Gasteiger partial charge in [0, 0.05) is 34.7 Å². The molecule has 134 valence electrons. The Morgan fingerprint density at radius 1 is 1.16 bits per heavy atom. The molecule has 0 saturated heterocycles. The van der Waals surface area contributed by atoms with Crippen LogP contribution in [0.3, 0.4) is 0 Å². The van der Waals surface area contributed by atoms with E-state index in [9.17, 15) is 9.59 Å². The zero-order valence-corrected chi connectivity index (χ0v) is 15.1. The van der Waals surface area contributed by atoms with Gasteiger partial charge >= 0.3 is 5.97 Å². The topological polar surface area (TPSA) is 85.2 Å². The Labute approximate surface area is 148 Å². The van der Waals surface area contributed by atoms with E-state index in [1.807, 2.05) is 57.3 Å². The van der Waals surface area contributed by atoms with Crippen LogP contribution in [0, 0.1) is 0 Å². The molecular weight excluding hydrogens is 316 g/mol. The van der Waals surface area contributed by atoms with E-state index in [4.69, 9.17) is 10.5 Å². The molecule has 0 unspecified atom stereocenters. The number of rotatable bonds is 7. The zero-order valence-electron chi connectivity index (χ0n) is 15.1. The number of fused-ring (bicyclic) bond motifs is 1. The van der Waals surface area contributed by atoms with Crippen LogP contribution in [0.5, 0.6) is 0 Å². The molecule has 25 heavy (non-hydrogen) atoms. The van der Waals surface area contributed by atoms with Gasteiger partial charge in [-0.05, 0) is 52.2 Å². The van der Waals surface area contributed by atoms with Crippen LogP contribution < -0.4 is 5.73 Å². The van der Waals surface area contributed by atoms with Crippen LogP contribution in [0.25, 0.3) is 17.0 Å². The fourth-order valence-electron chi connectivity index (χ4n) is 2.64. The van der Waals surface area contributed by atoms with Crippen molar-refractivity contribution in [2.75, 3.05) is 0 Å². The van der Waals surface area contributed by atoms with Gasteiger partial charge in [-0.25, -0.2) is 0 Å². The van der Waals surface area contributed by atoms with Gasteiger partial charge in [0.05, 0.1) is 0 Å². The molecule has 0 radical (unpaired) electrons. The van der Waals surface area contributed by atoms with Gasteiger partial charge in [0.2, 0.25) is 5.91 Å². The van der Waals surface area contributed by atoms with Gasteiger partial charge in [0.15, 0.2) is 0 Å². The smallest absolute Gasteiger partial charge is 0.306 e. The number of nitrogens with two attached hydrogens (primary N) is 1. The van der Waals surface area contributed by atoms with Crippen LogP contribution in [0.15, 0.2) is 36.0 Å². The summed E-state index contributed by atoms with van der Waals surface area (Å²) in [6.07, 6.45) is 5.95. The van der Waals surface area contributed by atoms with E-state index >= 15 is 0 Å². The molecule has 2 rings (SSSR count). The zero-order chi connectivity index (χ0) is 18.4. The predicted molar refractivity (Wildman–Crippen MR) is 99.8 cm³/mol. The molecule has 0 saturated carbocycles. The summed E-state index contributed by atoms with van der Waals surface area (Å²) in [5.74, 6) is -0.642. The number of benzene rings is 1. The highest BCUT2D eigenvalue weighted by Gasteiger charge is 2.16. The van der Waals surface area contributed by atoms with Crippen LogP contribution >= 0.6 is 0 Å². The molecule has 0 aliphatic carbocycles. The fourth-order valence-corrected chi connectivity index (χ4v) is 2.64. The maximum Gasteiger partial charge on any atom is 0.306 e. The average Bonchev–Trinajstić information content (AvgIpc) is 2.91. The van der Waals surface area contributed by atoms with E-state index in [-0.39, 0.29) is 5.97 Å². The van der Waals surface area contributed by atoms with Gasteiger partial charge in [-0.15, -0.1) is 0 Å². The lowest BCUT2D eigenvalue weighted by atomic mass is 10.0. The highest BCUT2D eigenvalue weighted by Crippen LogP contribution is 2.22. The average molecular weight is 342 g/mol. The van der Waals surface area contributed by atoms with E-state index in [1.54, 1.807) is 0 Å². The number of hydrogen-bond donors (Lipinski definition) is 2. The van der Waals surface area contributed by atoms with Crippen molar-refractivity contribution in [3.63, 3.8) is 0 Å². The Balaban J connectivity index is 1.95. The molecule has 1 aromatic heterocycles. The number of para-hydroxylation sites is 1. The number of carbonyl (C=O) groups is 2. The Bertz CT molecular complexity index is 782.